The molecule has 1 amide bonds. The molecule has 0 radical (unpaired) electrons. The largest absolute Gasteiger partial charge is 0.325 e. The van der Waals surface area contributed by atoms with Crippen molar-refractivity contribution in [3.05, 3.63) is 64.1 Å². The van der Waals surface area contributed by atoms with Crippen molar-refractivity contribution in [1.82, 2.24) is 4.90 Å². The predicted molar refractivity (Wildman–Crippen MR) is 100 cm³/mol. The highest BCUT2D eigenvalue weighted by Crippen LogP contribution is 2.18. The van der Waals surface area contributed by atoms with E-state index in [-0.39, 0.29) is 17.7 Å². The van der Waals surface area contributed by atoms with Crippen LogP contribution in [0.1, 0.15) is 29.8 Å². The first kappa shape index (κ1) is 18.4. The number of hydrogen-bond acceptors (Lipinski definition) is 3. The lowest BCUT2D eigenvalue weighted by atomic mass is 10.1. The number of hydrogen-bond donors (Lipinski definition) is 1. The van der Waals surface area contributed by atoms with Crippen LogP contribution in [0.4, 0.5) is 5.69 Å². The molecule has 0 spiro atoms. The summed E-state index contributed by atoms with van der Waals surface area (Å²) in [6.07, 6.45) is 0. The zero-order valence-electron chi connectivity index (χ0n) is 14.0. The fraction of sp³-hybridized carbons (Fsp3) is 0.263. The Kier molecular flexibility index (Phi) is 6.29. The normalized spacial score (nSPS) is 12.0. The van der Waals surface area contributed by atoms with E-state index in [9.17, 15) is 9.59 Å². The highest BCUT2D eigenvalue weighted by atomic mass is 79.9. The molecular weight excluding hydrogens is 368 g/mol. The van der Waals surface area contributed by atoms with Crippen molar-refractivity contribution >= 4 is 33.3 Å². The maximum absolute atomic E-state index is 12.4. The third kappa shape index (κ3) is 4.76. The lowest BCUT2D eigenvalue weighted by Crippen LogP contribution is -2.39. The van der Waals surface area contributed by atoms with E-state index in [0.29, 0.717) is 17.8 Å². The van der Waals surface area contributed by atoms with Gasteiger partial charge in [0.05, 0.1) is 6.04 Å². The van der Waals surface area contributed by atoms with E-state index in [0.717, 1.165) is 10.0 Å². The van der Waals surface area contributed by atoms with Gasteiger partial charge < -0.3 is 5.32 Å². The SMILES string of the molecule is CC(=O)c1ccc(NC(=O)[C@H](C)N(C)Cc2ccccc2Br)cc1. The van der Waals surface area contributed by atoms with Crippen molar-refractivity contribution in [2.24, 2.45) is 0 Å². The monoisotopic (exact) mass is 388 g/mol. The summed E-state index contributed by atoms with van der Waals surface area (Å²) in [6, 6.07) is 14.6. The van der Waals surface area contributed by atoms with Gasteiger partial charge in [-0.3, -0.25) is 14.5 Å². The van der Waals surface area contributed by atoms with Crippen LogP contribution < -0.4 is 5.32 Å². The molecule has 126 valence electrons. The minimum absolute atomic E-state index is 0.00872. The second-order valence-corrected chi connectivity index (χ2v) is 6.66. The smallest absolute Gasteiger partial charge is 0.241 e. The average Bonchev–Trinajstić information content (AvgIpc) is 2.56. The molecule has 5 heteroatoms. The van der Waals surface area contributed by atoms with Gasteiger partial charge in [-0.2, -0.15) is 0 Å². The molecule has 0 saturated carbocycles. The lowest BCUT2D eigenvalue weighted by molar-refractivity contribution is -0.120. The molecule has 2 rings (SSSR count). The van der Waals surface area contributed by atoms with E-state index in [1.54, 1.807) is 24.3 Å². The molecule has 24 heavy (non-hydrogen) atoms. The van der Waals surface area contributed by atoms with Gasteiger partial charge in [0.15, 0.2) is 5.78 Å². The topological polar surface area (TPSA) is 49.4 Å². The van der Waals surface area contributed by atoms with E-state index in [4.69, 9.17) is 0 Å². The molecule has 2 aromatic rings. The predicted octanol–water partition coefficient (Wildman–Crippen LogP) is 4.11. The minimum atomic E-state index is -0.287. The van der Waals surface area contributed by atoms with Gasteiger partial charge >= 0.3 is 0 Å². The fourth-order valence-corrected chi connectivity index (χ4v) is 2.68. The maximum Gasteiger partial charge on any atom is 0.241 e. The molecule has 4 nitrogen and oxygen atoms in total. The Hall–Kier alpha value is -1.98. The number of Topliss-reactive ketones (excluding diaryl/α,β-unsaturated/α-hetero) is 1. The van der Waals surface area contributed by atoms with E-state index in [1.807, 2.05) is 43.1 Å². The molecule has 0 aromatic heterocycles. The summed E-state index contributed by atoms with van der Waals surface area (Å²) in [5.74, 6) is -0.0745. The number of carbonyl (C=O) groups excluding carboxylic acids is 2. The van der Waals surface area contributed by atoms with Gasteiger partial charge in [-0.15, -0.1) is 0 Å². The number of amides is 1. The number of nitrogens with zero attached hydrogens (tertiary/aromatic N) is 1. The third-order valence-electron chi connectivity index (χ3n) is 3.98. The van der Waals surface area contributed by atoms with Gasteiger partial charge in [0.1, 0.15) is 0 Å². The lowest BCUT2D eigenvalue weighted by Gasteiger charge is -2.24. The zero-order chi connectivity index (χ0) is 17.7. The number of rotatable bonds is 6. The molecule has 0 fully saturated rings. The van der Waals surface area contributed by atoms with Crippen LogP contribution in [0.25, 0.3) is 0 Å². The first-order valence-electron chi connectivity index (χ1n) is 7.74. The van der Waals surface area contributed by atoms with Gasteiger partial charge in [-0.1, -0.05) is 34.1 Å². The minimum Gasteiger partial charge on any atom is -0.325 e. The molecule has 0 aliphatic rings. The molecular formula is C19H21BrN2O2. The Labute approximate surface area is 151 Å². The average molecular weight is 389 g/mol. The van der Waals surface area contributed by atoms with Crippen LogP contribution in [0.2, 0.25) is 0 Å². The van der Waals surface area contributed by atoms with Gasteiger partial charge in [-0.05, 0) is 56.8 Å². The number of nitrogens with one attached hydrogen (secondary N) is 1. The highest BCUT2D eigenvalue weighted by Gasteiger charge is 2.19. The third-order valence-corrected chi connectivity index (χ3v) is 4.75. The summed E-state index contributed by atoms with van der Waals surface area (Å²) >= 11 is 3.53. The van der Waals surface area contributed by atoms with Crippen LogP contribution >= 0.6 is 15.9 Å². The number of halogens is 1. The molecule has 1 N–H and O–H groups in total. The second kappa shape index (κ2) is 8.22. The van der Waals surface area contributed by atoms with Gasteiger partial charge in [0.25, 0.3) is 0 Å². The molecule has 0 aliphatic carbocycles. The van der Waals surface area contributed by atoms with Crippen LogP contribution in [-0.2, 0) is 11.3 Å². The van der Waals surface area contributed by atoms with Crippen molar-refractivity contribution in [2.45, 2.75) is 26.4 Å². The molecule has 0 heterocycles. The summed E-state index contributed by atoms with van der Waals surface area (Å²) in [5.41, 5.74) is 2.45. The molecule has 2 aromatic carbocycles. The zero-order valence-corrected chi connectivity index (χ0v) is 15.6. The summed E-state index contributed by atoms with van der Waals surface area (Å²) in [4.78, 5) is 25.7. The van der Waals surface area contributed by atoms with Gasteiger partial charge in [0, 0.05) is 22.3 Å². The van der Waals surface area contributed by atoms with Crippen LogP contribution in [-0.4, -0.2) is 29.7 Å². The Balaban J connectivity index is 1.98. The van der Waals surface area contributed by atoms with Crippen LogP contribution in [0.5, 0.6) is 0 Å². The quantitative estimate of drug-likeness (QED) is 0.757. The summed E-state index contributed by atoms with van der Waals surface area (Å²) in [5, 5.41) is 2.89. The van der Waals surface area contributed by atoms with E-state index in [2.05, 4.69) is 21.2 Å². The number of carbonyl (C=O) groups is 2. The van der Waals surface area contributed by atoms with E-state index in [1.165, 1.54) is 6.92 Å². The fourth-order valence-electron chi connectivity index (χ4n) is 2.27. The van der Waals surface area contributed by atoms with Crippen LogP contribution in [0.15, 0.2) is 53.0 Å². The molecule has 0 aliphatic heterocycles. The first-order valence-corrected chi connectivity index (χ1v) is 8.53. The molecule has 0 saturated heterocycles. The standard InChI is InChI=1S/C19H21BrN2O2/c1-13(22(3)12-16-6-4-5-7-18(16)20)19(24)21-17-10-8-15(9-11-17)14(2)23/h4-11,13H,12H2,1-3H3,(H,21,24)/t13-/m0/s1. The highest BCUT2D eigenvalue weighted by molar-refractivity contribution is 9.10. The van der Waals surface area contributed by atoms with Crippen molar-refractivity contribution < 1.29 is 9.59 Å². The first-order chi connectivity index (χ1) is 11.4. The summed E-state index contributed by atoms with van der Waals surface area (Å²) < 4.78 is 1.03. The molecule has 0 unspecified atom stereocenters. The number of benzene rings is 2. The van der Waals surface area contributed by atoms with E-state index >= 15 is 0 Å². The Morgan fingerprint density at radius 2 is 1.75 bits per heavy atom. The Morgan fingerprint density at radius 1 is 1.12 bits per heavy atom. The number of ketones is 1. The Morgan fingerprint density at radius 3 is 2.33 bits per heavy atom. The second-order valence-electron chi connectivity index (χ2n) is 5.81. The van der Waals surface area contributed by atoms with Crippen molar-refractivity contribution in [1.29, 1.82) is 0 Å². The number of likely N-dealkylation sites (N-methyl/N-ethyl adjacent to an activating group) is 1. The van der Waals surface area contributed by atoms with Crippen LogP contribution in [0, 0.1) is 0 Å². The molecule has 0 bridgehead atoms. The Bertz CT molecular complexity index is 728. The van der Waals surface area contributed by atoms with Crippen molar-refractivity contribution in [3.8, 4) is 0 Å². The summed E-state index contributed by atoms with van der Waals surface area (Å²) in [7, 11) is 1.92. The maximum atomic E-state index is 12.4. The van der Waals surface area contributed by atoms with E-state index < -0.39 is 0 Å². The van der Waals surface area contributed by atoms with Gasteiger partial charge in [0.2, 0.25) is 5.91 Å². The van der Waals surface area contributed by atoms with Gasteiger partial charge in [-0.25, -0.2) is 0 Å². The van der Waals surface area contributed by atoms with Crippen molar-refractivity contribution in [2.75, 3.05) is 12.4 Å². The summed E-state index contributed by atoms with van der Waals surface area (Å²) in [6.45, 7) is 4.06. The van der Waals surface area contributed by atoms with Crippen LogP contribution in [0.3, 0.4) is 0 Å². The molecule has 1 atom stereocenters. The van der Waals surface area contributed by atoms with Crippen molar-refractivity contribution in [3.63, 3.8) is 0 Å². The number of anilines is 1.